The fourth-order valence-electron chi connectivity index (χ4n) is 1.09. The Bertz CT molecular complexity index is 366. The summed E-state index contributed by atoms with van der Waals surface area (Å²) in [5.74, 6) is 1.53. The summed E-state index contributed by atoms with van der Waals surface area (Å²) in [6.45, 7) is 6.63. The predicted octanol–water partition coefficient (Wildman–Crippen LogP) is 2.32. The Hall–Kier alpha value is -1.16. The number of hydrogen-bond acceptors (Lipinski definition) is 4. The van der Waals surface area contributed by atoms with Crippen LogP contribution in [0.15, 0.2) is 0 Å². The van der Waals surface area contributed by atoms with E-state index in [0.29, 0.717) is 29.4 Å². The van der Waals surface area contributed by atoms with Gasteiger partial charge in [0, 0.05) is 6.54 Å². The van der Waals surface area contributed by atoms with Crippen LogP contribution in [0.25, 0.3) is 0 Å². The lowest BCUT2D eigenvalue weighted by Crippen LogP contribution is -2.12. The number of carbonyl (C=O) groups excluding carboxylic acids is 1. The van der Waals surface area contributed by atoms with E-state index in [1.807, 2.05) is 0 Å². The number of rotatable bonds is 4. The lowest BCUT2D eigenvalue weighted by Gasteiger charge is -2.11. The van der Waals surface area contributed by atoms with Gasteiger partial charge in [-0.1, -0.05) is 25.4 Å². The van der Waals surface area contributed by atoms with Crippen molar-refractivity contribution in [3.8, 4) is 0 Å². The van der Waals surface area contributed by atoms with Crippen LogP contribution in [0.2, 0.25) is 5.15 Å². The van der Waals surface area contributed by atoms with Crippen molar-refractivity contribution in [3.05, 3.63) is 16.5 Å². The molecule has 4 nitrogen and oxygen atoms in total. The van der Waals surface area contributed by atoms with Crippen LogP contribution in [0, 0.1) is 12.8 Å². The van der Waals surface area contributed by atoms with Gasteiger partial charge in [-0.3, -0.25) is 4.79 Å². The first kappa shape index (κ1) is 11.9. The molecule has 0 unspecified atom stereocenters. The number of carbonyl (C=O) groups is 1. The fourth-order valence-corrected chi connectivity index (χ4v) is 1.34. The van der Waals surface area contributed by atoms with Crippen LogP contribution in [-0.4, -0.2) is 22.8 Å². The number of aldehydes is 1. The molecule has 5 heteroatoms. The van der Waals surface area contributed by atoms with E-state index in [1.165, 1.54) is 0 Å². The van der Waals surface area contributed by atoms with Gasteiger partial charge in [0.2, 0.25) is 0 Å². The molecule has 0 aliphatic heterocycles. The third kappa shape index (κ3) is 3.16. The Labute approximate surface area is 94.1 Å². The van der Waals surface area contributed by atoms with Crippen LogP contribution >= 0.6 is 11.6 Å². The second-order valence-electron chi connectivity index (χ2n) is 3.72. The van der Waals surface area contributed by atoms with Crippen LogP contribution in [0.4, 0.5) is 5.82 Å². The molecule has 0 aliphatic rings. The maximum Gasteiger partial charge on any atom is 0.156 e. The van der Waals surface area contributed by atoms with E-state index in [2.05, 4.69) is 29.1 Å². The van der Waals surface area contributed by atoms with Crippen LogP contribution in [0.3, 0.4) is 0 Å². The first-order chi connectivity index (χ1) is 7.04. The number of nitrogens with one attached hydrogen (secondary N) is 1. The summed E-state index contributed by atoms with van der Waals surface area (Å²) in [7, 11) is 0. The van der Waals surface area contributed by atoms with Gasteiger partial charge >= 0.3 is 0 Å². The van der Waals surface area contributed by atoms with E-state index in [4.69, 9.17) is 11.6 Å². The predicted molar refractivity (Wildman–Crippen MR) is 60.5 cm³/mol. The van der Waals surface area contributed by atoms with Crippen LogP contribution in [0.5, 0.6) is 0 Å². The molecule has 0 amide bonds. The fraction of sp³-hybridized carbons (Fsp3) is 0.500. The van der Waals surface area contributed by atoms with E-state index in [0.717, 1.165) is 6.54 Å². The molecule has 0 saturated carbocycles. The van der Waals surface area contributed by atoms with Crippen molar-refractivity contribution in [1.82, 2.24) is 9.97 Å². The molecule has 0 bridgehead atoms. The van der Waals surface area contributed by atoms with E-state index in [9.17, 15) is 4.79 Å². The molecule has 1 aromatic rings. The summed E-state index contributed by atoms with van der Waals surface area (Å²) >= 11 is 5.83. The monoisotopic (exact) mass is 227 g/mol. The Morgan fingerprint density at radius 3 is 2.67 bits per heavy atom. The first-order valence-electron chi connectivity index (χ1n) is 4.77. The van der Waals surface area contributed by atoms with Crippen molar-refractivity contribution in [2.75, 3.05) is 11.9 Å². The lowest BCUT2D eigenvalue weighted by atomic mass is 10.2. The molecule has 1 rings (SSSR count). The number of nitrogens with zero attached hydrogens (tertiary/aromatic N) is 2. The average Bonchev–Trinajstić information content (AvgIpc) is 2.13. The molecule has 0 aromatic carbocycles. The third-order valence-corrected chi connectivity index (χ3v) is 2.09. The third-order valence-electron chi connectivity index (χ3n) is 1.81. The maximum absolute atomic E-state index is 10.8. The van der Waals surface area contributed by atoms with Gasteiger partial charge in [-0.25, -0.2) is 9.97 Å². The SMILES string of the molecule is Cc1nc(Cl)c(C=O)c(NCC(C)C)n1. The van der Waals surface area contributed by atoms with Gasteiger partial charge in [0.1, 0.15) is 16.8 Å². The summed E-state index contributed by atoms with van der Waals surface area (Å²) in [5, 5.41) is 3.28. The van der Waals surface area contributed by atoms with Gasteiger partial charge < -0.3 is 5.32 Å². The maximum atomic E-state index is 10.8. The summed E-state index contributed by atoms with van der Waals surface area (Å²) in [6, 6.07) is 0. The zero-order chi connectivity index (χ0) is 11.4. The largest absolute Gasteiger partial charge is 0.369 e. The van der Waals surface area contributed by atoms with Crippen molar-refractivity contribution >= 4 is 23.7 Å². The van der Waals surface area contributed by atoms with Gasteiger partial charge in [-0.2, -0.15) is 0 Å². The molecule has 0 fully saturated rings. The Morgan fingerprint density at radius 1 is 1.47 bits per heavy atom. The van der Waals surface area contributed by atoms with Crippen molar-refractivity contribution in [1.29, 1.82) is 0 Å². The highest BCUT2D eigenvalue weighted by atomic mass is 35.5. The molecule has 82 valence electrons. The van der Waals surface area contributed by atoms with Crippen LogP contribution in [-0.2, 0) is 0 Å². The molecular weight excluding hydrogens is 214 g/mol. The molecule has 1 heterocycles. The number of aromatic nitrogens is 2. The highest BCUT2D eigenvalue weighted by Gasteiger charge is 2.10. The average molecular weight is 228 g/mol. The molecule has 15 heavy (non-hydrogen) atoms. The molecule has 0 aliphatic carbocycles. The minimum Gasteiger partial charge on any atom is -0.369 e. The van der Waals surface area contributed by atoms with Gasteiger partial charge in [-0.05, 0) is 12.8 Å². The highest BCUT2D eigenvalue weighted by Crippen LogP contribution is 2.19. The molecule has 0 atom stereocenters. The number of anilines is 1. The number of hydrogen-bond donors (Lipinski definition) is 1. The summed E-state index contributed by atoms with van der Waals surface area (Å²) < 4.78 is 0. The molecule has 1 aromatic heterocycles. The van der Waals surface area contributed by atoms with E-state index in [-0.39, 0.29) is 5.15 Å². The topological polar surface area (TPSA) is 54.9 Å². The number of halogens is 1. The molecular formula is C10H14ClN3O. The summed E-state index contributed by atoms with van der Waals surface area (Å²) in [5.41, 5.74) is 0.322. The number of aryl methyl sites for hydroxylation is 1. The normalized spacial score (nSPS) is 10.5. The second-order valence-corrected chi connectivity index (χ2v) is 4.07. The highest BCUT2D eigenvalue weighted by molar-refractivity contribution is 6.32. The Kier molecular flexibility index (Phi) is 4.03. The van der Waals surface area contributed by atoms with Crippen LogP contribution < -0.4 is 5.32 Å². The minimum atomic E-state index is 0.198. The van der Waals surface area contributed by atoms with Crippen molar-refractivity contribution < 1.29 is 4.79 Å². The first-order valence-corrected chi connectivity index (χ1v) is 5.15. The second kappa shape index (κ2) is 5.07. The van der Waals surface area contributed by atoms with Gasteiger partial charge in [0.25, 0.3) is 0 Å². The van der Waals surface area contributed by atoms with Crippen LogP contribution in [0.1, 0.15) is 30.0 Å². The van der Waals surface area contributed by atoms with Crippen molar-refractivity contribution in [3.63, 3.8) is 0 Å². The zero-order valence-electron chi connectivity index (χ0n) is 9.04. The summed E-state index contributed by atoms with van der Waals surface area (Å²) in [4.78, 5) is 18.9. The summed E-state index contributed by atoms with van der Waals surface area (Å²) in [6.07, 6.45) is 0.671. The molecule has 0 spiro atoms. The standard InChI is InChI=1S/C10H14ClN3O/c1-6(2)4-12-10-8(5-15)9(11)13-7(3)14-10/h5-6H,4H2,1-3H3,(H,12,13,14). The van der Waals surface area contributed by atoms with E-state index < -0.39 is 0 Å². The lowest BCUT2D eigenvalue weighted by molar-refractivity contribution is 0.112. The van der Waals surface area contributed by atoms with Gasteiger partial charge in [0.05, 0.1) is 5.56 Å². The molecule has 0 saturated heterocycles. The molecule has 0 radical (unpaired) electrons. The van der Waals surface area contributed by atoms with Gasteiger partial charge in [-0.15, -0.1) is 0 Å². The zero-order valence-corrected chi connectivity index (χ0v) is 9.80. The van der Waals surface area contributed by atoms with E-state index >= 15 is 0 Å². The Morgan fingerprint density at radius 2 is 2.13 bits per heavy atom. The van der Waals surface area contributed by atoms with E-state index in [1.54, 1.807) is 6.92 Å². The Balaban J connectivity index is 2.98. The van der Waals surface area contributed by atoms with Crippen molar-refractivity contribution in [2.45, 2.75) is 20.8 Å². The minimum absolute atomic E-state index is 0.198. The quantitative estimate of drug-likeness (QED) is 0.634. The smallest absolute Gasteiger partial charge is 0.156 e. The molecule has 1 N–H and O–H groups in total. The van der Waals surface area contributed by atoms with Crippen molar-refractivity contribution in [2.24, 2.45) is 5.92 Å². The van der Waals surface area contributed by atoms with Gasteiger partial charge in [0.15, 0.2) is 6.29 Å².